The number of aliphatic carboxylic acids is 2. The van der Waals surface area contributed by atoms with E-state index in [4.69, 9.17) is 10.2 Å². The average molecular weight is 280 g/mol. The summed E-state index contributed by atoms with van der Waals surface area (Å²) in [6.07, 6.45) is 0.804. The second-order valence-corrected chi connectivity index (χ2v) is 5.75. The summed E-state index contributed by atoms with van der Waals surface area (Å²) in [5.74, 6) is -2.54. The molecule has 8 nitrogen and oxygen atoms in total. The molecule has 0 aromatic heterocycles. The van der Waals surface area contributed by atoms with Gasteiger partial charge in [0, 0.05) is 19.5 Å². The zero-order valence-corrected chi connectivity index (χ0v) is 10.5. The van der Waals surface area contributed by atoms with E-state index < -0.39 is 34.6 Å². The van der Waals surface area contributed by atoms with Gasteiger partial charge in [-0.1, -0.05) is 0 Å². The molecule has 9 heteroatoms. The minimum atomic E-state index is -3.84. The number of carbonyl (C=O) groups is 2. The van der Waals surface area contributed by atoms with E-state index in [1.54, 1.807) is 0 Å². The number of carboxylic acid groups (broad SMARTS) is 2. The Morgan fingerprint density at radius 2 is 1.78 bits per heavy atom. The van der Waals surface area contributed by atoms with Crippen molar-refractivity contribution in [3.8, 4) is 0 Å². The van der Waals surface area contributed by atoms with Crippen LogP contribution in [-0.2, 0) is 19.8 Å². The molecule has 0 unspecified atom stereocenters. The summed E-state index contributed by atoms with van der Waals surface area (Å²) in [4.78, 5) is 21.2. The first-order valence-electron chi connectivity index (χ1n) is 5.55. The van der Waals surface area contributed by atoms with Gasteiger partial charge in [-0.05, 0) is 19.3 Å². The van der Waals surface area contributed by atoms with Crippen LogP contribution in [0.3, 0.4) is 0 Å². The summed E-state index contributed by atoms with van der Waals surface area (Å²) in [7, 11) is -3.84. The fourth-order valence-corrected chi connectivity index (χ4v) is 3.15. The second-order valence-electron chi connectivity index (χ2n) is 4.05. The van der Waals surface area contributed by atoms with Crippen molar-refractivity contribution >= 4 is 22.1 Å². The van der Waals surface area contributed by atoms with Gasteiger partial charge in [-0.2, -0.15) is 17.4 Å². The van der Waals surface area contributed by atoms with Crippen LogP contribution >= 0.6 is 0 Å². The van der Waals surface area contributed by atoms with E-state index in [0.29, 0.717) is 13.1 Å². The van der Waals surface area contributed by atoms with Gasteiger partial charge < -0.3 is 10.2 Å². The van der Waals surface area contributed by atoms with Gasteiger partial charge in [0.25, 0.3) is 10.2 Å². The summed E-state index contributed by atoms with van der Waals surface area (Å²) in [5.41, 5.74) is 0. The summed E-state index contributed by atoms with van der Waals surface area (Å²) in [5, 5.41) is 17.3. The zero-order valence-electron chi connectivity index (χ0n) is 9.70. The van der Waals surface area contributed by atoms with Crippen molar-refractivity contribution in [2.75, 3.05) is 13.1 Å². The fourth-order valence-electron chi connectivity index (χ4n) is 1.68. The maximum absolute atomic E-state index is 11.8. The van der Waals surface area contributed by atoms with E-state index in [-0.39, 0.29) is 6.42 Å². The predicted octanol–water partition coefficient (Wildman–Crippen LogP) is -0.765. The van der Waals surface area contributed by atoms with Crippen LogP contribution in [0.25, 0.3) is 0 Å². The van der Waals surface area contributed by atoms with E-state index in [2.05, 4.69) is 0 Å². The molecule has 1 atom stereocenters. The van der Waals surface area contributed by atoms with Crippen LogP contribution < -0.4 is 4.72 Å². The summed E-state index contributed by atoms with van der Waals surface area (Å²) >= 11 is 0. The largest absolute Gasteiger partial charge is 0.481 e. The Morgan fingerprint density at radius 3 is 2.22 bits per heavy atom. The number of nitrogens with one attached hydrogen (secondary N) is 1. The van der Waals surface area contributed by atoms with Crippen molar-refractivity contribution in [2.45, 2.75) is 31.7 Å². The van der Waals surface area contributed by atoms with Crippen LogP contribution in [0.15, 0.2) is 0 Å². The lowest BCUT2D eigenvalue weighted by Gasteiger charge is -2.19. The van der Waals surface area contributed by atoms with Gasteiger partial charge in [0.15, 0.2) is 0 Å². The van der Waals surface area contributed by atoms with Gasteiger partial charge in [0.1, 0.15) is 6.04 Å². The summed E-state index contributed by atoms with van der Waals surface area (Å²) in [6, 6.07) is -1.41. The van der Waals surface area contributed by atoms with Crippen molar-refractivity contribution in [3.63, 3.8) is 0 Å². The Hall–Kier alpha value is -1.19. The molecule has 104 valence electrons. The highest BCUT2D eigenvalue weighted by atomic mass is 32.2. The first-order chi connectivity index (χ1) is 8.33. The van der Waals surface area contributed by atoms with Gasteiger partial charge in [-0.25, -0.2) is 0 Å². The smallest absolute Gasteiger partial charge is 0.321 e. The summed E-state index contributed by atoms with van der Waals surface area (Å²) < 4.78 is 26.8. The van der Waals surface area contributed by atoms with Gasteiger partial charge in [-0.15, -0.1) is 0 Å². The van der Waals surface area contributed by atoms with Crippen LogP contribution in [0, 0.1) is 0 Å². The predicted molar refractivity (Wildman–Crippen MR) is 61.2 cm³/mol. The number of carboxylic acids is 2. The first-order valence-corrected chi connectivity index (χ1v) is 6.99. The molecule has 0 bridgehead atoms. The molecule has 0 aromatic rings. The molecule has 1 saturated heterocycles. The third-order valence-corrected chi connectivity index (χ3v) is 4.27. The lowest BCUT2D eigenvalue weighted by Crippen LogP contribution is -2.47. The molecule has 1 fully saturated rings. The third kappa shape index (κ3) is 4.24. The van der Waals surface area contributed by atoms with Gasteiger partial charge >= 0.3 is 11.9 Å². The highest BCUT2D eigenvalue weighted by Gasteiger charge is 2.30. The van der Waals surface area contributed by atoms with Crippen molar-refractivity contribution in [3.05, 3.63) is 0 Å². The van der Waals surface area contributed by atoms with E-state index in [1.165, 1.54) is 4.31 Å². The van der Waals surface area contributed by atoms with Crippen LogP contribution in [0.1, 0.15) is 25.7 Å². The normalized spacial score (nSPS) is 18.7. The van der Waals surface area contributed by atoms with E-state index in [1.807, 2.05) is 4.72 Å². The monoisotopic (exact) mass is 280 g/mol. The quantitative estimate of drug-likeness (QED) is 0.563. The number of rotatable bonds is 7. The van der Waals surface area contributed by atoms with Crippen molar-refractivity contribution in [1.29, 1.82) is 0 Å². The molecule has 3 N–H and O–H groups in total. The van der Waals surface area contributed by atoms with Gasteiger partial charge in [0.05, 0.1) is 0 Å². The Morgan fingerprint density at radius 1 is 1.22 bits per heavy atom. The fraction of sp³-hybridized carbons (Fsp3) is 0.778. The van der Waals surface area contributed by atoms with Crippen molar-refractivity contribution in [2.24, 2.45) is 0 Å². The van der Waals surface area contributed by atoms with Gasteiger partial charge in [-0.3, -0.25) is 9.59 Å². The molecule has 0 saturated carbocycles. The Labute approximate surface area is 105 Å². The maximum atomic E-state index is 11.8. The topological polar surface area (TPSA) is 124 Å². The molecule has 0 aliphatic carbocycles. The van der Waals surface area contributed by atoms with Crippen molar-refractivity contribution in [1.82, 2.24) is 9.03 Å². The number of hydrogen-bond acceptors (Lipinski definition) is 4. The van der Waals surface area contributed by atoms with Gasteiger partial charge in [0.2, 0.25) is 0 Å². The molecule has 0 amide bonds. The maximum Gasteiger partial charge on any atom is 0.321 e. The minimum absolute atomic E-state index is 0.280. The lowest BCUT2D eigenvalue weighted by atomic mass is 10.2. The number of hydrogen-bond donors (Lipinski definition) is 3. The van der Waals surface area contributed by atoms with E-state index in [9.17, 15) is 18.0 Å². The van der Waals surface area contributed by atoms with Crippen LogP contribution in [0.4, 0.5) is 0 Å². The zero-order chi connectivity index (χ0) is 13.8. The molecule has 0 radical (unpaired) electrons. The average Bonchev–Trinajstić information content (AvgIpc) is 2.77. The lowest BCUT2D eigenvalue weighted by molar-refractivity contribution is -0.140. The Balaban J connectivity index is 2.64. The van der Waals surface area contributed by atoms with Crippen molar-refractivity contribution < 1.29 is 28.2 Å². The molecule has 1 rings (SSSR count). The van der Waals surface area contributed by atoms with E-state index in [0.717, 1.165) is 12.8 Å². The molecule has 18 heavy (non-hydrogen) atoms. The standard InChI is InChI=1S/C9H16N2O6S/c12-8(13)4-3-7(9(14)15)10-18(16,17)11-5-1-2-6-11/h7,10H,1-6H2,(H,12,13)(H,14,15)/t7-/m1/s1. The molecule has 1 aliphatic rings. The first kappa shape index (κ1) is 14.9. The molecule has 0 aromatic carbocycles. The van der Waals surface area contributed by atoms with E-state index >= 15 is 0 Å². The highest BCUT2D eigenvalue weighted by Crippen LogP contribution is 2.12. The molecular weight excluding hydrogens is 264 g/mol. The third-order valence-electron chi connectivity index (χ3n) is 2.64. The van der Waals surface area contributed by atoms with Crippen LogP contribution in [0.2, 0.25) is 0 Å². The SMILES string of the molecule is O=C(O)CC[C@@H](NS(=O)(=O)N1CCCC1)C(=O)O. The molecule has 0 spiro atoms. The van der Waals surface area contributed by atoms with Crippen LogP contribution in [0.5, 0.6) is 0 Å². The second kappa shape index (κ2) is 6.12. The van der Waals surface area contributed by atoms with Crippen LogP contribution in [-0.4, -0.2) is 54.0 Å². The number of nitrogens with zero attached hydrogens (tertiary/aromatic N) is 1. The molecule has 1 aliphatic heterocycles. The molecule has 1 heterocycles. The Bertz CT molecular complexity index is 415. The Kier molecular flexibility index (Phi) is 5.05. The highest BCUT2D eigenvalue weighted by molar-refractivity contribution is 7.87. The summed E-state index contributed by atoms with van der Waals surface area (Å²) in [6.45, 7) is 0.723. The minimum Gasteiger partial charge on any atom is -0.481 e. The molecular formula is C9H16N2O6S.